The van der Waals surface area contributed by atoms with E-state index in [0.717, 1.165) is 95.4 Å². The second-order valence-electron chi connectivity index (χ2n) is 24.8. The Kier molecular flexibility index (Phi) is 25.6. The summed E-state index contributed by atoms with van der Waals surface area (Å²) in [4.78, 5) is 18.6. The van der Waals surface area contributed by atoms with Gasteiger partial charge in [0.25, 0.3) is 0 Å². The van der Waals surface area contributed by atoms with Crippen LogP contribution in [-0.4, -0.2) is 113 Å². The van der Waals surface area contributed by atoms with Crippen molar-refractivity contribution in [2.45, 2.75) is 39.3 Å². The predicted octanol–water partition coefficient (Wildman–Crippen LogP) is 15.3. The van der Waals surface area contributed by atoms with Crippen LogP contribution in [0.3, 0.4) is 0 Å². The van der Waals surface area contributed by atoms with Crippen LogP contribution < -0.4 is 59.1 Å². The molecule has 0 saturated carbocycles. The van der Waals surface area contributed by atoms with Crippen LogP contribution in [0.15, 0.2) is 249 Å². The molecule has 0 amide bonds. The van der Waals surface area contributed by atoms with Gasteiger partial charge < -0.3 is 40.2 Å². The van der Waals surface area contributed by atoms with E-state index in [1.54, 1.807) is 104 Å². The standard InChI is InChI=1S/C20H16BrF3N5O2.C20H19BrN5O2.C19H16BrClN5O2.C19H16BrFN5O2/c21-15-10-26-29-17(8-16(27-19(15)29)14-4-2-1-3-5-14)25-9-13-6-7-18(28(30)11-13)31-12-20(22,23)24;1-2-28-19-9-8-14(13-25(19)27)11-22-18-10-17(15-6-4-3-5-7-15)24-20-16(21)12-23-26(18)20;1-28-19-15(21)7-12(11-25(19)27)9-22-17-8-16(13-5-3-2-4-6-13)24-18-14(20)10-23-26(17)18;1-28-18-7-6-12(11-25(18)27)9-22-17-8-16(13-4-2-3-5-15(13)21)24-19-14(20)10-23-26(17)19/h1-8,10-11,25,30H,9,12H2;3-10,12-13,22,27H,2,11H2,1H3;2*2-8,10-11,22,27H,9H2,1H3/q4*+1. The normalized spacial score (nSPS) is 11.1. The maximum atomic E-state index is 14.3. The summed E-state index contributed by atoms with van der Waals surface area (Å²) in [6.45, 7) is 2.45. The Morgan fingerprint density at radius 1 is 0.417 bits per heavy atom. The van der Waals surface area contributed by atoms with Crippen molar-refractivity contribution >= 4 is 121 Å². The van der Waals surface area contributed by atoms with Crippen LogP contribution in [0.4, 0.5) is 40.8 Å². The molecule has 12 heterocycles. The van der Waals surface area contributed by atoms with Crippen LogP contribution in [0, 0.1) is 5.82 Å². The molecule has 0 spiro atoms. The first-order valence-corrected chi connectivity index (χ1v) is 38.2. The van der Waals surface area contributed by atoms with Gasteiger partial charge in [-0.1, -0.05) is 115 Å². The summed E-state index contributed by atoms with van der Waals surface area (Å²) in [7, 11) is 2.92. The molecule has 0 radical (unpaired) electrons. The van der Waals surface area contributed by atoms with Gasteiger partial charge >= 0.3 is 29.7 Å². The number of nitrogens with zero attached hydrogens (tertiary/aromatic N) is 16. The molecule has 0 aliphatic rings. The Morgan fingerprint density at radius 2 is 0.757 bits per heavy atom. The molecule has 0 fully saturated rings. The second-order valence-corrected chi connectivity index (χ2v) is 28.6. The van der Waals surface area contributed by atoms with Gasteiger partial charge in [0.2, 0.25) is 24.8 Å². The topological polar surface area (TPSA) is 302 Å². The van der Waals surface area contributed by atoms with E-state index in [2.05, 4.69) is 120 Å². The van der Waals surface area contributed by atoms with Crippen molar-refractivity contribution in [3.05, 3.63) is 283 Å². The van der Waals surface area contributed by atoms with E-state index in [-0.39, 0.29) is 24.1 Å². The summed E-state index contributed by atoms with van der Waals surface area (Å²) in [5.74, 6) is 3.09. The number of methoxy groups -OCH3 is 2. The highest BCUT2D eigenvalue weighted by Crippen LogP contribution is 2.33. The highest BCUT2D eigenvalue weighted by Gasteiger charge is 2.31. The number of nitrogens with one attached hydrogen (secondary N) is 4. The number of halogens is 9. The Bertz CT molecular complexity index is 6100. The summed E-state index contributed by atoms with van der Waals surface area (Å²) >= 11 is 20.0. The Morgan fingerprint density at radius 3 is 1.10 bits per heavy atom. The lowest BCUT2D eigenvalue weighted by Crippen LogP contribution is -2.35. The Hall–Kier alpha value is -12.5. The van der Waals surface area contributed by atoms with Crippen molar-refractivity contribution in [2.24, 2.45) is 0 Å². The third kappa shape index (κ3) is 19.6. The number of pyridine rings is 4. The monoisotopic (exact) mass is 1840 g/mol. The first-order valence-electron chi connectivity index (χ1n) is 34.7. The minimum atomic E-state index is -4.49. The van der Waals surface area contributed by atoms with Crippen LogP contribution in [0.2, 0.25) is 5.02 Å². The van der Waals surface area contributed by atoms with E-state index < -0.39 is 12.8 Å². The molecule has 0 aliphatic carbocycles. The van der Waals surface area contributed by atoms with Gasteiger partial charge in [-0.05, 0) is 107 Å². The van der Waals surface area contributed by atoms with E-state index in [1.165, 1.54) is 38.7 Å². The minimum absolute atomic E-state index is 0.180. The summed E-state index contributed by atoms with van der Waals surface area (Å²) < 4.78 is 84.2. The minimum Gasteiger partial charge on any atom is -0.445 e. The SMILES string of the molecule is CCOc1ccc(CNc2cc(-c3ccccc3)nc3c(Br)cnn23)c[n+]1O.COc1c(Cl)cc(CNc2cc(-c3ccccc3)nc3c(Br)cnn23)c[n+]1O.COc1ccc(CNc2cc(-c3ccccc3F)nc3c(Br)cnn23)c[n+]1O.O[n+]1cc(CNc2cc(-c3ccccc3)nc3c(Br)cnn23)ccc1OCC(F)(F)F. The quantitative estimate of drug-likeness (QED) is 0.0178. The van der Waals surface area contributed by atoms with Gasteiger partial charge in [-0.2, -0.15) is 51.6 Å². The fourth-order valence-corrected chi connectivity index (χ4v) is 13.2. The van der Waals surface area contributed by atoms with E-state index in [1.807, 2.05) is 128 Å². The summed E-state index contributed by atoms with van der Waals surface area (Å²) in [6.07, 6.45) is 8.17. The molecular weight excluding hydrogens is 1780 g/mol. The van der Waals surface area contributed by atoms with E-state index in [0.29, 0.717) is 97.6 Å². The lowest BCUT2D eigenvalue weighted by molar-refractivity contribution is -0.906. The highest BCUT2D eigenvalue weighted by atomic mass is 79.9. The number of benzene rings is 4. The summed E-state index contributed by atoms with van der Waals surface area (Å²) in [5.41, 5.74) is 12.0. The average molecular weight is 1840 g/mol. The molecule has 16 aromatic rings. The molecule has 37 heteroatoms. The zero-order valence-corrected chi connectivity index (χ0v) is 67.8. The van der Waals surface area contributed by atoms with Gasteiger partial charge in [-0.15, -0.1) is 0 Å². The van der Waals surface area contributed by atoms with E-state index >= 15 is 0 Å². The van der Waals surface area contributed by atoms with Gasteiger partial charge in [-0.25, -0.2) is 24.3 Å². The van der Waals surface area contributed by atoms with Gasteiger partial charge in [-0.3, -0.25) is 20.8 Å². The molecule has 0 atom stereocenters. The smallest absolute Gasteiger partial charge is 0.435 e. The zero-order valence-electron chi connectivity index (χ0n) is 60.7. The molecule has 115 heavy (non-hydrogen) atoms. The molecule has 586 valence electrons. The lowest BCUT2D eigenvalue weighted by Gasteiger charge is -2.11. The summed E-state index contributed by atoms with van der Waals surface area (Å²) in [6, 6.07) is 55.2. The van der Waals surface area contributed by atoms with E-state index in [4.69, 9.17) is 35.8 Å². The van der Waals surface area contributed by atoms with Gasteiger partial charge in [0.05, 0.1) is 104 Å². The maximum Gasteiger partial charge on any atom is 0.435 e. The van der Waals surface area contributed by atoms with Gasteiger partial charge in [0.15, 0.2) is 34.2 Å². The van der Waals surface area contributed by atoms with E-state index in [9.17, 15) is 38.4 Å². The number of hydrogen-bond donors (Lipinski definition) is 8. The molecule has 0 unspecified atom stereocenters. The maximum absolute atomic E-state index is 14.3. The Balaban J connectivity index is 0.000000134. The van der Waals surface area contributed by atoms with Crippen molar-refractivity contribution in [1.29, 1.82) is 0 Å². The molecule has 8 N–H and O–H groups in total. The second kappa shape index (κ2) is 36.5. The van der Waals surface area contributed by atoms with Crippen LogP contribution in [0.5, 0.6) is 23.5 Å². The zero-order chi connectivity index (χ0) is 80.9. The van der Waals surface area contributed by atoms with Crippen molar-refractivity contribution in [3.8, 4) is 68.5 Å². The molecule has 12 aromatic heterocycles. The number of fused-ring (bicyclic) bond motifs is 4. The molecule has 0 saturated heterocycles. The molecule has 0 aliphatic heterocycles. The number of ether oxygens (including phenoxy) is 4. The predicted molar refractivity (Wildman–Crippen MR) is 430 cm³/mol. The van der Waals surface area contributed by atoms with Crippen LogP contribution >= 0.6 is 75.3 Å². The Labute approximate surface area is 690 Å². The number of alkyl halides is 3. The largest absolute Gasteiger partial charge is 0.445 e. The molecule has 0 bridgehead atoms. The van der Waals surface area contributed by atoms with Crippen molar-refractivity contribution in [1.82, 2.24) is 58.4 Å². The molecule has 28 nitrogen and oxygen atoms in total. The number of anilines is 4. The van der Waals surface area contributed by atoms with Crippen molar-refractivity contribution < 1.29 is 76.3 Å². The first-order chi connectivity index (χ1) is 55.6. The van der Waals surface area contributed by atoms with Crippen molar-refractivity contribution in [3.63, 3.8) is 0 Å². The van der Waals surface area contributed by atoms with Crippen LogP contribution in [0.25, 0.3) is 67.6 Å². The number of aromatic nitrogens is 16. The fourth-order valence-electron chi connectivity index (χ4n) is 11.5. The lowest BCUT2D eigenvalue weighted by atomic mass is 10.1. The first kappa shape index (κ1) is 80.5. The third-order valence-electron chi connectivity index (χ3n) is 16.9. The van der Waals surface area contributed by atoms with Gasteiger partial charge in [0.1, 0.15) is 29.1 Å². The van der Waals surface area contributed by atoms with Crippen LogP contribution in [-0.2, 0) is 26.2 Å². The molecular formula is C78H67Br4ClF4N20O8+4. The molecule has 16 rings (SSSR count). The molecule has 4 aromatic carbocycles. The number of rotatable bonds is 22. The fraction of sp³-hybridized carbons (Fsp3) is 0.128. The van der Waals surface area contributed by atoms with Crippen LogP contribution in [0.1, 0.15) is 29.2 Å². The average Bonchev–Trinajstić information content (AvgIpc) is 1.65. The highest BCUT2D eigenvalue weighted by molar-refractivity contribution is 9.11. The van der Waals surface area contributed by atoms with Gasteiger partial charge in [0, 0.05) is 114 Å². The van der Waals surface area contributed by atoms with Crippen molar-refractivity contribution in [2.75, 3.05) is 48.7 Å². The summed E-state index contributed by atoms with van der Waals surface area (Å²) in [5, 5.41) is 70.7. The number of hydrogen-bond acceptors (Lipinski definition) is 20. The third-order valence-corrected chi connectivity index (χ3v) is 19.4.